The molecule has 0 N–H and O–H groups in total. The van der Waals surface area contributed by atoms with E-state index in [1.165, 1.54) is 6.08 Å². The summed E-state index contributed by atoms with van der Waals surface area (Å²) in [6.07, 6.45) is 2.30. The number of carbonyl (C=O) groups excluding carboxylic acids is 1. The van der Waals surface area contributed by atoms with Crippen molar-refractivity contribution in [1.29, 1.82) is 0 Å². The molecule has 0 saturated carbocycles. The van der Waals surface area contributed by atoms with Crippen LogP contribution in [0.15, 0.2) is 22.4 Å². The summed E-state index contributed by atoms with van der Waals surface area (Å²) in [4.78, 5) is 12.0. The SMILES string of the molecule is Cl.O=C1CC(F)=CC2=C1CCS2. The van der Waals surface area contributed by atoms with Crippen molar-refractivity contribution < 1.29 is 9.18 Å². The first-order valence-corrected chi connectivity index (χ1v) is 4.51. The van der Waals surface area contributed by atoms with Crippen molar-refractivity contribution in [2.45, 2.75) is 12.8 Å². The molecule has 0 aromatic carbocycles. The van der Waals surface area contributed by atoms with Gasteiger partial charge < -0.3 is 0 Å². The zero-order chi connectivity index (χ0) is 7.84. The Morgan fingerprint density at radius 2 is 2.25 bits per heavy atom. The van der Waals surface area contributed by atoms with Crippen molar-refractivity contribution in [3.63, 3.8) is 0 Å². The molecular weight excluding hydrogens is 199 g/mol. The predicted molar refractivity (Wildman–Crippen MR) is 50.2 cm³/mol. The van der Waals surface area contributed by atoms with Crippen molar-refractivity contribution >= 4 is 30.0 Å². The molecule has 2 rings (SSSR count). The van der Waals surface area contributed by atoms with E-state index in [1.54, 1.807) is 11.8 Å². The Morgan fingerprint density at radius 3 is 3.00 bits per heavy atom. The molecule has 0 bridgehead atoms. The van der Waals surface area contributed by atoms with E-state index in [1.807, 2.05) is 0 Å². The van der Waals surface area contributed by atoms with Crippen LogP contribution < -0.4 is 0 Å². The van der Waals surface area contributed by atoms with Gasteiger partial charge in [-0.05, 0) is 12.5 Å². The third kappa shape index (κ3) is 1.57. The van der Waals surface area contributed by atoms with Gasteiger partial charge in [0.15, 0.2) is 5.78 Å². The van der Waals surface area contributed by atoms with Crippen molar-refractivity contribution in [3.8, 4) is 0 Å². The van der Waals surface area contributed by atoms with Gasteiger partial charge in [-0.15, -0.1) is 24.2 Å². The molecule has 1 aliphatic heterocycles. The highest BCUT2D eigenvalue weighted by molar-refractivity contribution is 8.03. The maximum atomic E-state index is 12.7. The van der Waals surface area contributed by atoms with E-state index in [9.17, 15) is 9.18 Å². The minimum Gasteiger partial charge on any atom is -0.294 e. The first-order chi connectivity index (χ1) is 5.27. The topological polar surface area (TPSA) is 17.1 Å². The number of allylic oxidation sites excluding steroid dienone is 3. The van der Waals surface area contributed by atoms with Gasteiger partial charge in [-0.25, -0.2) is 4.39 Å². The van der Waals surface area contributed by atoms with Crippen LogP contribution >= 0.6 is 24.2 Å². The lowest BCUT2D eigenvalue weighted by molar-refractivity contribution is -0.115. The maximum absolute atomic E-state index is 12.7. The fourth-order valence-corrected chi connectivity index (χ4v) is 2.46. The van der Waals surface area contributed by atoms with Crippen LogP contribution in [0.3, 0.4) is 0 Å². The fourth-order valence-electron chi connectivity index (χ4n) is 1.33. The molecule has 0 aromatic heterocycles. The van der Waals surface area contributed by atoms with Crippen LogP contribution in [0.4, 0.5) is 4.39 Å². The smallest absolute Gasteiger partial charge is 0.166 e. The number of ketones is 1. The Balaban J connectivity index is 0.000000720. The molecule has 0 unspecified atom stereocenters. The van der Waals surface area contributed by atoms with E-state index in [-0.39, 0.29) is 30.4 Å². The molecule has 66 valence electrons. The number of hydrogen-bond acceptors (Lipinski definition) is 2. The molecule has 4 heteroatoms. The summed E-state index contributed by atoms with van der Waals surface area (Å²) in [5, 5.41) is 0. The minimum atomic E-state index is -0.289. The molecule has 0 spiro atoms. The average Bonchev–Trinajstić information content (AvgIpc) is 2.34. The quantitative estimate of drug-likeness (QED) is 0.606. The van der Waals surface area contributed by atoms with Gasteiger partial charge in [-0.1, -0.05) is 0 Å². The molecule has 1 heterocycles. The van der Waals surface area contributed by atoms with E-state index in [0.29, 0.717) is 0 Å². The van der Waals surface area contributed by atoms with E-state index >= 15 is 0 Å². The van der Waals surface area contributed by atoms with Crippen molar-refractivity contribution in [3.05, 3.63) is 22.4 Å². The van der Waals surface area contributed by atoms with Crippen LogP contribution in [0.2, 0.25) is 0 Å². The summed E-state index contributed by atoms with van der Waals surface area (Å²) in [5.74, 6) is 0.619. The minimum absolute atomic E-state index is 0. The number of Topliss-reactive ketones (excluding diaryl/α,β-unsaturated/α-hetero) is 1. The third-order valence-electron chi connectivity index (χ3n) is 1.86. The molecule has 0 atom stereocenters. The zero-order valence-electron chi connectivity index (χ0n) is 6.30. The summed E-state index contributed by atoms with van der Waals surface area (Å²) in [7, 11) is 0. The highest BCUT2D eigenvalue weighted by Gasteiger charge is 2.25. The maximum Gasteiger partial charge on any atom is 0.166 e. The lowest BCUT2D eigenvalue weighted by Gasteiger charge is -2.06. The van der Waals surface area contributed by atoms with Crippen LogP contribution in [0.25, 0.3) is 0 Å². The van der Waals surface area contributed by atoms with Crippen LogP contribution in [0.1, 0.15) is 12.8 Å². The van der Waals surface area contributed by atoms with Gasteiger partial charge in [-0.2, -0.15) is 0 Å². The molecule has 1 aliphatic carbocycles. The summed E-state index contributed by atoms with van der Waals surface area (Å²) in [5.41, 5.74) is 0.844. The van der Waals surface area contributed by atoms with Crippen molar-refractivity contribution in [2.75, 3.05) is 5.75 Å². The number of halogens is 2. The van der Waals surface area contributed by atoms with E-state index in [0.717, 1.165) is 22.7 Å². The third-order valence-corrected chi connectivity index (χ3v) is 2.94. The number of rotatable bonds is 0. The zero-order valence-corrected chi connectivity index (χ0v) is 7.93. The Morgan fingerprint density at radius 1 is 1.50 bits per heavy atom. The summed E-state index contributed by atoms with van der Waals surface area (Å²) >= 11 is 1.58. The molecule has 0 saturated heterocycles. The number of thioether (sulfide) groups is 1. The first-order valence-electron chi connectivity index (χ1n) is 3.52. The van der Waals surface area contributed by atoms with E-state index < -0.39 is 0 Å². The summed E-state index contributed by atoms with van der Waals surface area (Å²) in [6.45, 7) is 0. The number of carbonyl (C=O) groups is 1. The largest absolute Gasteiger partial charge is 0.294 e. The molecule has 0 fully saturated rings. The molecule has 12 heavy (non-hydrogen) atoms. The van der Waals surface area contributed by atoms with Crippen LogP contribution in [-0.4, -0.2) is 11.5 Å². The van der Waals surface area contributed by atoms with Gasteiger partial charge in [0.05, 0.1) is 6.42 Å². The lowest BCUT2D eigenvalue weighted by Crippen LogP contribution is -2.05. The van der Waals surface area contributed by atoms with Gasteiger partial charge >= 0.3 is 0 Å². The Kier molecular flexibility index (Phi) is 2.96. The molecule has 1 nitrogen and oxygen atoms in total. The Bertz CT molecular complexity index is 283. The first kappa shape index (κ1) is 9.81. The van der Waals surface area contributed by atoms with E-state index in [2.05, 4.69) is 0 Å². The summed E-state index contributed by atoms with van der Waals surface area (Å²) < 4.78 is 12.7. The van der Waals surface area contributed by atoms with Gasteiger partial charge in [0.1, 0.15) is 5.83 Å². The van der Waals surface area contributed by atoms with Crippen molar-refractivity contribution in [2.24, 2.45) is 0 Å². The van der Waals surface area contributed by atoms with Crippen LogP contribution in [0.5, 0.6) is 0 Å². The lowest BCUT2D eigenvalue weighted by atomic mass is 10.0. The van der Waals surface area contributed by atoms with Gasteiger partial charge in [-0.3, -0.25) is 4.79 Å². The monoisotopic (exact) mass is 206 g/mol. The molecule has 2 aliphatic rings. The van der Waals surface area contributed by atoms with Gasteiger partial charge in [0, 0.05) is 16.2 Å². The Hall–Kier alpha value is -0.280. The molecule has 0 aromatic rings. The highest BCUT2D eigenvalue weighted by Crippen LogP contribution is 2.37. The van der Waals surface area contributed by atoms with Crippen LogP contribution in [0, 0.1) is 0 Å². The highest BCUT2D eigenvalue weighted by atomic mass is 35.5. The molecule has 0 amide bonds. The number of hydrogen-bond donors (Lipinski definition) is 0. The van der Waals surface area contributed by atoms with Gasteiger partial charge in [0.2, 0.25) is 0 Å². The standard InChI is InChI=1S/C8H7FOS.ClH/c9-5-3-7(10)6-1-2-11-8(6)4-5;/h4H,1-3H2;1H. The average molecular weight is 207 g/mol. The second-order valence-electron chi connectivity index (χ2n) is 2.63. The summed E-state index contributed by atoms with van der Waals surface area (Å²) in [6, 6.07) is 0. The van der Waals surface area contributed by atoms with E-state index in [4.69, 9.17) is 0 Å². The predicted octanol–water partition coefficient (Wildman–Crippen LogP) is 2.63. The Labute approximate surface area is 80.5 Å². The molecule has 0 radical (unpaired) electrons. The van der Waals surface area contributed by atoms with Gasteiger partial charge in [0.25, 0.3) is 0 Å². The van der Waals surface area contributed by atoms with Crippen molar-refractivity contribution in [1.82, 2.24) is 0 Å². The second kappa shape index (κ2) is 3.62. The van der Waals surface area contributed by atoms with Crippen LogP contribution in [-0.2, 0) is 4.79 Å². The second-order valence-corrected chi connectivity index (χ2v) is 3.77. The fraction of sp³-hybridized carbons (Fsp3) is 0.375. The normalized spacial score (nSPS) is 21.8. The molecular formula is C8H8ClFOS.